The van der Waals surface area contributed by atoms with E-state index in [4.69, 9.17) is 22.4 Å². The van der Waals surface area contributed by atoms with Crippen LogP contribution >= 0.6 is 11.6 Å². The molecule has 0 aliphatic heterocycles. The van der Waals surface area contributed by atoms with Crippen LogP contribution in [0.3, 0.4) is 0 Å². The van der Waals surface area contributed by atoms with Gasteiger partial charge in [0.25, 0.3) is 0 Å². The molecule has 0 heterocycles. The summed E-state index contributed by atoms with van der Waals surface area (Å²) in [5, 5.41) is 9.23. The average molecular weight is 335 g/mol. The number of hydrogen-bond acceptors (Lipinski definition) is 4. The molecule has 9 heteroatoms. The number of sulfonamides is 1. The van der Waals surface area contributed by atoms with Crippen molar-refractivity contribution < 1.29 is 23.1 Å². The maximum Gasteiger partial charge on any atom is 0.321 e. The van der Waals surface area contributed by atoms with E-state index in [0.29, 0.717) is 5.56 Å². The van der Waals surface area contributed by atoms with Crippen molar-refractivity contribution in [1.29, 1.82) is 0 Å². The predicted octanol–water partition coefficient (Wildman–Crippen LogP) is 0.645. The molecule has 0 aliphatic rings. The van der Waals surface area contributed by atoms with E-state index in [1.807, 2.05) is 4.72 Å². The number of nitrogens with one attached hydrogen (secondary N) is 1. The first-order valence-corrected chi connectivity index (χ1v) is 7.79. The molecule has 0 radical (unpaired) electrons. The number of benzene rings is 1. The molecule has 116 valence electrons. The first-order chi connectivity index (χ1) is 9.63. The van der Waals surface area contributed by atoms with Gasteiger partial charge in [0.2, 0.25) is 15.9 Å². The van der Waals surface area contributed by atoms with Gasteiger partial charge in [0.1, 0.15) is 6.04 Å². The van der Waals surface area contributed by atoms with Gasteiger partial charge >= 0.3 is 5.97 Å². The zero-order chi connectivity index (χ0) is 16.2. The second-order valence-electron chi connectivity index (χ2n) is 4.43. The number of rotatable bonds is 7. The van der Waals surface area contributed by atoms with Crippen LogP contribution in [0.15, 0.2) is 23.1 Å². The fourth-order valence-electron chi connectivity index (χ4n) is 1.63. The standard InChI is InChI=1S/C12H15ClN2O5S/c1-7-2-3-8(13)6-10(7)21(19,20)15-9(12(17)18)4-5-11(14)16/h2-3,6,9,15H,4-5H2,1H3,(H2,14,16)(H,17,18). The third kappa shape index (κ3) is 5.00. The average Bonchev–Trinajstić information content (AvgIpc) is 2.36. The molecule has 0 saturated carbocycles. The quantitative estimate of drug-likeness (QED) is 0.674. The van der Waals surface area contributed by atoms with Gasteiger partial charge in [-0.05, 0) is 31.0 Å². The highest BCUT2D eigenvalue weighted by molar-refractivity contribution is 7.89. The maximum atomic E-state index is 12.2. The Bertz CT molecular complexity index is 660. The number of hydrogen-bond donors (Lipinski definition) is 3. The van der Waals surface area contributed by atoms with Gasteiger partial charge in [-0.2, -0.15) is 4.72 Å². The van der Waals surface area contributed by atoms with Crippen LogP contribution in [0.1, 0.15) is 18.4 Å². The van der Waals surface area contributed by atoms with Crippen LogP contribution in [-0.2, 0) is 19.6 Å². The summed E-state index contributed by atoms with van der Waals surface area (Å²) in [6.07, 6.45) is -0.475. The molecule has 21 heavy (non-hydrogen) atoms. The summed E-state index contributed by atoms with van der Waals surface area (Å²) in [6.45, 7) is 1.56. The fraction of sp³-hybridized carbons (Fsp3) is 0.333. The summed E-state index contributed by atoms with van der Waals surface area (Å²) in [5.74, 6) is -2.10. The molecule has 0 saturated heterocycles. The first kappa shape index (κ1) is 17.4. The number of carbonyl (C=O) groups excluding carboxylic acids is 1. The second kappa shape index (κ2) is 6.88. The summed E-state index contributed by atoms with van der Waals surface area (Å²) < 4.78 is 26.5. The number of nitrogens with two attached hydrogens (primary N) is 1. The SMILES string of the molecule is Cc1ccc(Cl)cc1S(=O)(=O)NC(CCC(N)=O)C(=O)O. The van der Waals surface area contributed by atoms with Crippen LogP contribution in [0.2, 0.25) is 5.02 Å². The maximum absolute atomic E-state index is 12.2. The Morgan fingerprint density at radius 2 is 2.05 bits per heavy atom. The van der Waals surface area contributed by atoms with E-state index in [2.05, 4.69) is 0 Å². The molecular weight excluding hydrogens is 320 g/mol. The Morgan fingerprint density at radius 1 is 1.43 bits per heavy atom. The molecule has 1 atom stereocenters. The highest BCUT2D eigenvalue weighted by atomic mass is 35.5. The lowest BCUT2D eigenvalue weighted by molar-refractivity contribution is -0.139. The van der Waals surface area contributed by atoms with E-state index in [-0.39, 0.29) is 22.8 Å². The number of halogens is 1. The molecule has 1 aromatic rings. The lowest BCUT2D eigenvalue weighted by Gasteiger charge is -2.15. The number of carboxylic acids is 1. The predicted molar refractivity (Wildman–Crippen MR) is 76.4 cm³/mol. The number of aryl methyl sites for hydroxylation is 1. The molecule has 7 nitrogen and oxygen atoms in total. The molecule has 0 bridgehead atoms. The molecule has 0 aromatic heterocycles. The summed E-state index contributed by atoms with van der Waals surface area (Å²) in [5.41, 5.74) is 5.36. The van der Waals surface area contributed by atoms with Gasteiger partial charge in [0, 0.05) is 11.4 Å². The Kier molecular flexibility index (Phi) is 5.70. The number of carboxylic acid groups (broad SMARTS) is 1. The van der Waals surface area contributed by atoms with Crippen molar-refractivity contribution in [2.45, 2.75) is 30.7 Å². The van der Waals surface area contributed by atoms with Crippen molar-refractivity contribution in [2.75, 3.05) is 0 Å². The number of carbonyl (C=O) groups is 2. The van der Waals surface area contributed by atoms with Gasteiger partial charge in [0.15, 0.2) is 0 Å². The smallest absolute Gasteiger partial charge is 0.321 e. The van der Waals surface area contributed by atoms with Crippen LogP contribution in [0.4, 0.5) is 0 Å². The van der Waals surface area contributed by atoms with Crippen LogP contribution in [0, 0.1) is 6.92 Å². The lowest BCUT2D eigenvalue weighted by atomic mass is 10.2. The van der Waals surface area contributed by atoms with Crippen molar-refractivity contribution in [1.82, 2.24) is 4.72 Å². The highest BCUT2D eigenvalue weighted by Crippen LogP contribution is 2.20. The van der Waals surface area contributed by atoms with Gasteiger partial charge < -0.3 is 10.8 Å². The van der Waals surface area contributed by atoms with E-state index in [9.17, 15) is 18.0 Å². The van der Waals surface area contributed by atoms with Crippen LogP contribution in [0.25, 0.3) is 0 Å². The molecule has 1 rings (SSSR count). The number of aliphatic carboxylic acids is 1. The minimum absolute atomic E-state index is 0.111. The van der Waals surface area contributed by atoms with Crippen LogP contribution in [0.5, 0.6) is 0 Å². The van der Waals surface area contributed by atoms with Gasteiger partial charge in [-0.15, -0.1) is 0 Å². The minimum Gasteiger partial charge on any atom is -0.480 e. The molecule has 1 amide bonds. The van der Waals surface area contributed by atoms with Crippen LogP contribution in [-0.4, -0.2) is 31.4 Å². The number of amides is 1. The summed E-state index contributed by atoms with van der Waals surface area (Å²) in [6, 6.07) is 2.82. The number of primary amides is 1. The zero-order valence-corrected chi connectivity index (χ0v) is 12.7. The molecule has 0 fully saturated rings. The highest BCUT2D eigenvalue weighted by Gasteiger charge is 2.26. The van der Waals surface area contributed by atoms with Crippen molar-refractivity contribution in [3.05, 3.63) is 28.8 Å². The topological polar surface area (TPSA) is 127 Å². The van der Waals surface area contributed by atoms with Crippen LogP contribution < -0.4 is 10.5 Å². The van der Waals surface area contributed by atoms with Crippen molar-refractivity contribution in [2.24, 2.45) is 5.73 Å². The largest absolute Gasteiger partial charge is 0.480 e. The van der Waals surface area contributed by atoms with Gasteiger partial charge in [-0.1, -0.05) is 17.7 Å². The van der Waals surface area contributed by atoms with E-state index in [0.717, 1.165) is 0 Å². The zero-order valence-electron chi connectivity index (χ0n) is 11.2. The van der Waals surface area contributed by atoms with E-state index in [1.165, 1.54) is 18.2 Å². The van der Waals surface area contributed by atoms with Crippen molar-refractivity contribution >= 4 is 33.5 Å². The minimum atomic E-state index is -4.07. The molecule has 1 aromatic carbocycles. The summed E-state index contributed by atoms with van der Waals surface area (Å²) in [4.78, 5) is 21.7. The Labute approximate surface area is 127 Å². The Balaban J connectivity index is 3.03. The van der Waals surface area contributed by atoms with Crippen molar-refractivity contribution in [3.8, 4) is 0 Å². The van der Waals surface area contributed by atoms with E-state index in [1.54, 1.807) is 6.92 Å². The van der Waals surface area contributed by atoms with Gasteiger partial charge in [-0.25, -0.2) is 8.42 Å². The van der Waals surface area contributed by atoms with E-state index < -0.39 is 27.9 Å². The monoisotopic (exact) mass is 334 g/mol. The normalized spacial score (nSPS) is 12.9. The summed E-state index contributed by atoms with van der Waals surface area (Å²) in [7, 11) is -4.07. The fourth-order valence-corrected chi connectivity index (χ4v) is 3.36. The molecular formula is C12H15ClN2O5S. The van der Waals surface area contributed by atoms with Gasteiger partial charge in [-0.3, -0.25) is 9.59 Å². The Morgan fingerprint density at radius 3 is 2.57 bits per heavy atom. The second-order valence-corrected chi connectivity index (χ2v) is 6.55. The summed E-state index contributed by atoms with van der Waals surface area (Å²) >= 11 is 5.75. The van der Waals surface area contributed by atoms with E-state index >= 15 is 0 Å². The first-order valence-electron chi connectivity index (χ1n) is 5.93. The molecule has 1 unspecified atom stereocenters. The van der Waals surface area contributed by atoms with Crippen molar-refractivity contribution in [3.63, 3.8) is 0 Å². The molecule has 4 N–H and O–H groups in total. The lowest BCUT2D eigenvalue weighted by Crippen LogP contribution is -2.41. The molecule has 0 spiro atoms. The van der Waals surface area contributed by atoms with Gasteiger partial charge in [0.05, 0.1) is 4.90 Å². The molecule has 0 aliphatic carbocycles. The third-order valence-electron chi connectivity index (χ3n) is 2.71. The Hall–Kier alpha value is -1.64. The third-order valence-corrected chi connectivity index (χ3v) is 4.56.